The van der Waals surface area contributed by atoms with E-state index in [1.54, 1.807) is 42.5 Å². The lowest BCUT2D eigenvalue weighted by atomic mass is 10.1. The fourth-order valence-corrected chi connectivity index (χ4v) is 5.65. The van der Waals surface area contributed by atoms with E-state index in [0.29, 0.717) is 24.5 Å². The lowest BCUT2D eigenvalue weighted by molar-refractivity contribution is -0.140. The molecular weight excluding hydrogens is 502 g/mol. The van der Waals surface area contributed by atoms with Gasteiger partial charge in [-0.3, -0.25) is 13.9 Å². The Bertz CT molecular complexity index is 1330. The van der Waals surface area contributed by atoms with Crippen LogP contribution in [0, 0.1) is 6.92 Å². The zero-order chi connectivity index (χ0) is 27.7. The maximum Gasteiger partial charge on any atom is 0.264 e. The summed E-state index contributed by atoms with van der Waals surface area (Å²) in [6.07, 6.45) is 0.367. The predicted molar refractivity (Wildman–Crippen MR) is 148 cm³/mol. The van der Waals surface area contributed by atoms with E-state index in [1.165, 1.54) is 24.1 Å². The van der Waals surface area contributed by atoms with Gasteiger partial charge in [0.15, 0.2) is 0 Å². The number of nitrogens with one attached hydrogen (secondary N) is 1. The fraction of sp³-hybridized carbons (Fsp3) is 0.310. The molecule has 0 heterocycles. The normalized spacial score (nSPS) is 11.9. The molecule has 0 saturated carbocycles. The zero-order valence-corrected chi connectivity index (χ0v) is 23.1. The first-order valence-electron chi connectivity index (χ1n) is 12.6. The summed E-state index contributed by atoms with van der Waals surface area (Å²) < 4.78 is 34.1. The van der Waals surface area contributed by atoms with Crippen molar-refractivity contribution in [2.45, 2.75) is 44.7 Å². The van der Waals surface area contributed by atoms with Crippen molar-refractivity contribution in [2.24, 2.45) is 0 Å². The monoisotopic (exact) mass is 537 g/mol. The maximum absolute atomic E-state index is 13.9. The minimum atomic E-state index is -4.10. The number of hydrogen-bond donors (Lipinski definition) is 1. The molecule has 0 bridgehead atoms. The Morgan fingerprint density at radius 2 is 1.63 bits per heavy atom. The maximum atomic E-state index is 13.9. The molecule has 9 heteroatoms. The number of carbonyl (C=O) groups is 2. The van der Waals surface area contributed by atoms with Gasteiger partial charge in [-0.15, -0.1) is 0 Å². The van der Waals surface area contributed by atoms with Crippen LogP contribution >= 0.6 is 0 Å². The molecular formula is C29H35N3O5S. The number of likely N-dealkylation sites (N-methyl/N-ethyl adjacent to an activating group) is 1. The number of rotatable bonds is 12. The number of ether oxygens (including phenoxy) is 1. The van der Waals surface area contributed by atoms with E-state index in [4.69, 9.17) is 4.74 Å². The van der Waals surface area contributed by atoms with Crippen LogP contribution in [-0.4, -0.2) is 51.4 Å². The van der Waals surface area contributed by atoms with Crippen LogP contribution in [0.2, 0.25) is 0 Å². The lowest BCUT2D eigenvalue weighted by Gasteiger charge is -2.33. The predicted octanol–water partition coefficient (Wildman–Crippen LogP) is 4.14. The van der Waals surface area contributed by atoms with Crippen molar-refractivity contribution in [1.82, 2.24) is 10.2 Å². The average Bonchev–Trinajstić information content (AvgIpc) is 2.92. The van der Waals surface area contributed by atoms with E-state index < -0.39 is 28.5 Å². The summed E-state index contributed by atoms with van der Waals surface area (Å²) in [7, 11) is -2.58. The molecule has 8 nitrogen and oxygen atoms in total. The molecule has 202 valence electrons. The minimum absolute atomic E-state index is 0.0604. The van der Waals surface area contributed by atoms with Crippen molar-refractivity contribution >= 4 is 27.5 Å². The van der Waals surface area contributed by atoms with E-state index in [9.17, 15) is 18.0 Å². The van der Waals surface area contributed by atoms with Gasteiger partial charge in [-0.25, -0.2) is 8.42 Å². The third-order valence-electron chi connectivity index (χ3n) is 6.11. The summed E-state index contributed by atoms with van der Waals surface area (Å²) in [6, 6.07) is 21.4. The molecule has 0 radical (unpaired) electrons. The van der Waals surface area contributed by atoms with Gasteiger partial charge in [0.25, 0.3) is 10.0 Å². The number of benzene rings is 3. The van der Waals surface area contributed by atoms with Gasteiger partial charge < -0.3 is 15.0 Å². The van der Waals surface area contributed by atoms with E-state index >= 15 is 0 Å². The number of hydrogen-bond acceptors (Lipinski definition) is 5. The average molecular weight is 538 g/mol. The molecule has 0 aromatic heterocycles. The molecule has 0 aliphatic rings. The first-order valence-corrected chi connectivity index (χ1v) is 14.0. The molecule has 3 aromatic carbocycles. The highest BCUT2D eigenvalue weighted by atomic mass is 32.2. The minimum Gasteiger partial charge on any atom is -0.494 e. The summed E-state index contributed by atoms with van der Waals surface area (Å²) in [5, 5.41) is 2.63. The third-order valence-corrected chi connectivity index (χ3v) is 7.90. The topological polar surface area (TPSA) is 96.0 Å². The summed E-state index contributed by atoms with van der Waals surface area (Å²) in [5.41, 5.74) is 2.18. The molecule has 2 amide bonds. The van der Waals surface area contributed by atoms with Gasteiger partial charge in [-0.2, -0.15) is 0 Å². The van der Waals surface area contributed by atoms with Gasteiger partial charge in [0, 0.05) is 13.6 Å². The van der Waals surface area contributed by atoms with Crippen molar-refractivity contribution in [3.05, 3.63) is 90.0 Å². The number of anilines is 1. The second kappa shape index (κ2) is 13.1. The van der Waals surface area contributed by atoms with E-state index in [2.05, 4.69) is 5.32 Å². The van der Waals surface area contributed by atoms with Gasteiger partial charge in [-0.1, -0.05) is 55.0 Å². The van der Waals surface area contributed by atoms with Gasteiger partial charge in [-0.05, 0) is 62.2 Å². The lowest BCUT2D eigenvalue weighted by Crippen LogP contribution is -2.51. The van der Waals surface area contributed by atoms with Crippen LogP contribution in [0.5, 0.6) is 5.75 Å². The molecule has 0 aliphatic heterocycles. The van der Waals surface area contributed by atoms with Gasteiger partial charge in [0.05, 0.1) is 17.2 Å². The molecule has 1 N–H and O–H groups in total. The van der Waals surface area contributed by atoms with Gasteiger partial charge in [0.2, 0.25) is 11.8 Å². The van der Waals surface area contributed by atoms with Crippen molar-refractivity contribution in [3.63, 3.8) is 0 Å². The van der Waals surface area contributed by atoms with Crippen LogP contribution in [-0.2, 0) is 26.2 Å². The van der Waals surface area contributed by atoms with Gasteiger partial charge in [0.1, 0.15) is 18.3 Å². The Hall–Kier alpha value is -3.85. The smallest absolute Gasteiger partial charge is 0.264 e. The van der Waals surface area contributed by atoms with Gasteiger partial charge >= 0.3 is 0 Å². The molecule has 0 fully saturated rings. The van der Waals surface area contributed by atoms with E-state index in [0.717, 1.165) is 15.4 Å². The van der Waals surface area contributed by atoms with Crippen molar-refractivity contribution in [2.75, 3.05) is 24.5 Å². The van der Waals surface area contributed by atoms with Crippen LogP contribution in [0.3, 0.4) is 0 Å². The summed E-state index contributed by atoms with van der Waals surface area (Å²) >= 11 is 0. The van der Waals surface area contributed by atoms with E-state index in [1.807, 2.05) is 45.0 Å². The Balaban J connectivity index is 2.04. The Morgan fingerprint density at radius 3 is 2.21 bits per heavy atom. The third kappa shape index (κ3) is 6.92. The summed E-state index contributed by atoms with van der Waals surface area (Å²) in [4.78, 5) is 28.2. The highest BCUT2D eigenvalue weighted by Crippen LogP contribution is 2.27. The molecule has 0 aliphatic carbocycles. The van der Waals surface area contributed by atoms with Crippen LogP contribution in [0.1, 0.15) is 31.4 Å². The van der Waals surface area contributed by atoms with Crippen LogP contribution < -0.4 is 14.4 Å². The second-order valence-electron chi connectivity index (χ2n) is 8.80. The number of aryl methyl sites for hydroxylation is 1. The quantitative estimate of drug-likeness (QED) is 0.375. The zero-order valence-electron chi connectivity index (χ0n) is 22.3. The highest BCUT2D eigenvalue weighted by Gasteiger charge is 2.33. The van der Waals surface area contributed by atoms with Crippen LogP contribution in [0.4, 0.5) is 5.69 Å². The molecule has 0 unspecified atom stereocenters. The van der Waals surface area contributed by atoms with Crippen LogP contribution in [0.15, 0.2) is 83.8 Å². The Kier molecular flexibility index (Phi) is 9.90. The number of carbonyl (C=O) groups excluding carboxylic acids is 2. The first kappa shape index (κ1) is 28.7. The van der Waals surface area contributed by atoms with Crippen molar-refractivity contribution in [1.29, 1.82) is 0 Å². The highest BCUT2D eigenvalue weighted by molar-refractivity contribution is 7.92. The standard InChI is InChI=1S/C29H35N3O5S/c1-5-27(29(34)30-4)31(20-23-12-10-11-22(3)19-23)28(33)21-32(24-15-17-25(18-16-24)37-6-2)38(35,36)26-13-8-7-9-14-26/h7-19,27H,5-6,20-21H2,1-4H3,(H,30,34)/t27-/m0/s1. The Labute approximate surface area is 225 Å². The SMILES string of the molecule is CCOc1ccc(N(CC(=O)N(Cc2cccc(C)c2)[C@@H](CC)C(=O)NC)S(=O)(=O)c2ccccc2)cc1. The Morgan fingerprint density at radius 1 is 0.947 bits per heavy atom. The second-order valence-corrected chi connectivity index (χ2v) is 10.7. The molecule has 38 heavy (non-hydrogen) atoms. The molecule has 0 saturated heterocycles. The largest absolute Gasteiger partial charge is 0.494 e. The van der Waals surface area contributed by atoms with E-state index in [-0.39, 0.29) is 17.3 Å². The number of amides is 2. The molecule has 0 spiro atoms. The fourth-order valence-electron chi connectivity index (χ4n) is 4.22. The van der Waals surface area contributed by atoms with Crippen molar-refractivity contribution in [3.8, 4) is 5.75 Å². The van der Waals surface area contributed by atoms with Crippen molar-refractivity contribution < 1.29 is 22.7 Å². The first-order chi connectivity index (χ1) is 18.2. The molecule has 1 atom stereocenters. The molecule has 3 rings (SSSR count). The number of sulfonamides is 1. The molecule has 3 aromatic rings. The number of nitrogens with zero attached hydrogens (tertiary/aromatic N) is 2. The summed E-state index contributed by atoms with van der Waals surface area (Å²) in [6.45, 7) is 5.78. The summed E-state index contributed by atoms with van der Waals surface area (Å²) in [5.74, 6) is -0.214. The van der Waals surface area contributed by atoms with Crippen LogP contribution in [0.25, 0.3) is 0 Å².